The summed E-state index contributed by atoms with van der Waals surface area (Å²) in [6, 6.07) is 9.03. The number of hydrogen-bond acceptors (Lipinski definition) is 5. The summed E-state index contributed by atoms with van der Waals surface area (Å²) in [5, 5.41) is 13.4. The van der Waals surface area contributed by atoms with Gasteiger partial charge in [0.15, 0.2) is 0 Å². The van der Waals surface area contributed by atoms with Crippen LogP contribution in [-0.2, 0) is 15.8 Å². The van der Waals surface area contributed by atoms with Gasteiger partial charge in [-0.1, -0.05) is 0 Å². The molecule has 2 aromatic carbocycles. The topological polar surface area (TPSA) is 130 Å². The van der Waals surface area contributed by atoms with E-state index in [1.807, 2.05) is 5.32 Å². The molecule has 3 heterocycles. The summed E-state index contributed by atoms with van der Waals surface area (Å²) in [5.41, 5.74) is -1.09. The van der Waals surface area contributed by atoms with Crippen molar-refractivity contribution in [3.05, 3.63) is 83.2 Å². The van der Waals surface area contributed by atoms with E-state index in [4.69, 9.17) is 10.5 Å². The van der Waals surface area contributed by atoms with E-state index >= 15 is 0 Å². The molecule has 5 N–H and O–H groups in total. The summed E-state index contributed by atoms with van der Waals surface area (Å²) in [6.45, 7) is -0.365. The summed E-state index contributed by atoms with van der Waals surface area (Å²) in [4.78, 5) is 31.7. The molecule has 8 nitrogen and oxygen atoms in total. The number of H-pyrrole nitrogens is 1. The standard InChI is InChI=1S/C27H21F5N4O4/c1-25(24(33)38)12-40-22-17(25)10-19(36-21(22)13-2-4-16(28)5-3-13)26(39,27(30,31)32)11-35-23(37)15-8-14-6-7-34-20(14)18(29)9-15/h2-10,34,39H,11-12H2,1H3,(H2,33,38)(H,35,37)/t25-,26-/m0/s1. The number of carbonyl (C=O) groups excluding carboxylic acids is 2. The molecule has 2 amide bonds. The number of aliphatic hydroxyl groups is 1. The number of aromatic amines is 1. The van der Waals surface area contributed by atoms with Gasteiger partial charge in [-0.05, 0) is 55.5 Å². The molecule has 0 unspecified atom stereocenters. The maximum atomic E-state index is 14.5. The number of carbonyl (C=O) groups is 2. The Kier molecular flexibility index (Phi) is 6.29. The molecule has 1 aliphatic heterocycles. The van der Waals surface area contributed by atoms with Crippen LogP contribution in [-0.4, -0.2) is 46.2 Å². The van der Waals surface area contributed by atoms with Crippen LogP contribution < -0.4 is 15.8 Å². The van der Waals surface area contributed by atoms with Crippen molar-refractivity contribution in [2.75, 3.05) is 13.2 Å². The van der Waals surface area contributed by atoms with Gasteiger partial charge in [0.1, 0.15) is 35.1 Å². The van der Waals surface area contributed by atoms with Crippen LogP contribution in [0.2, 0.25) is 0 Å². The average Bonchev–Trinajstić information content (AvgIpc) is 3.52. The van der Waals surface area contributed by atoms with Crippen LogP contribution in [0, 0.1) is 11.6 Å². The fraction of sp³-hybridized carbons (Fsp3) is 0.222. The van der Waals surface area contributed by atoms with Crippen molar-refractivity contribution in [2.24, 2.45) is 5.73 Å². The Morgan fingerprint density at radius 3 is 2.50 bits per heavy atom. The van der Waals surface area contributed by atoms with Crippen molar-refractivity contribution < 1.29 is 41.4 Å². The van der Waals surface area contributed by atoms with E-state index in [1.54, 1.807) is 0 Å². The molecule has 0 spiro atoms. The van der Waals surface area contributed by atoms with E-state index in [0.29, 0.717) is 5.39 Å². The fourth-order valence-electron chi connectivity index (χ4n) is 4.51. The molecule has 0 saturated heterocycles. The normalized spacial score (nSPS) is 18.2. The highest BCUT2D eigenvalue weighted by atomic mass is 19.4. The molecule has 4 aromatic rings. The number of hydrogen-bond donors (Lipinski definition) is 4. The first-order valence-corrected chi connectivity index (χ1v) is 11.8. The van der Waals surface area contributed by atoms with Gasteiger partial charge in [0, 0.05) is 28.3 Å². The van der Waals surface area contributed by atoms with E-state index in [9.17, 15) is 36.6 Å². The minimum absolute atomic E-state index is 0.0551. The summed E-state index contributed by atoms with van der Waals surface area (Å²) in [7, 11) is 0. The molecule has 0 bridgehead atoms. The fourth-order valence-corrected chi connectivity index (χ4v) is 4.51. The Bertz CT molecular complexity index is 1650. The third kappa shape index (κ3) is 4.31. The number of rotatable bonds is 6. The van der Waals surface area contributed by atoms with Gasteiger partial charge >= 0.3 is 6.18 Å². The summed E-state index contributed by atoms with van der Waals surface area (Å²) in [5.74, 6) is -3.47. The SMILES string of the molecule is C[C@]1(C(N)=O)COc2c1cc([C@@](O)(CNC(=O)c1cc(F)c3[nH]ccc3c1)C(F)(F)F)nc2-c1ccc(F)cc1. The Hall–Kier alpha value is -4.52. The first kappa shape index (κ1) is 27.1. The van der Waals surface area contributed by atoms with Crippen molar-refractivity contribution >= 4 is 22.7 Å². The first-order chi connectivity index (χ1) is 18.7. The number of nitrogens with zero attached hydrogens (tertiary/aromatic N) is 1. The van der Waals surface area contributed by atoms with Crippen LogP contribution in [0.4, 0.5) is 22.0 Å². The summed E-state index contributed by atoms with van der Waals surface area (Å²) < 4.78 is 77.0. The van der Waals surface area contributed by atoms with Crippen molar-refractivity contribution in [1.82, 2.24) is 15.3 Å². The van der Waals surface area contributed by atoms with Crippen LogP contribution in [0.1, 0.15) is 28.5 Å². The van der Waals surface area contributed by atoms with Crippen molar-refractivity contribution in [3.8, 4) is 17.0 Å². The minimum Gasteiger partial charge on any atom is -0.489 e. The zero-order valence-electron chi connectivity index (χ0n) is 20.7. The quantitative estimate of drug-likeness (QED) is 0.267. The smallest absolute Gasteiger partial charge is 0.424 e. The first-order valence-electron chi connectivity index (χ1n) is 11.8. The molecule has 2 aromatic heterocycles. The highest BCUT2D eigenvalue weighted by molar-refractivity contribution is 5.98. The van der Waals surface area contributed by atoms with Crippen LogP contribution in [0.5, 0.6) is 5.75 Å². The van der Waals surface area contributed by atoms with Gasteiger partial charge in [-0.15, -0.1) is 0 Å². The lowest BCUT2D eigenvalue weighted by molar-refractivity contribution is -0.265. The lowest BCUT2D eigenvalue weighted by atomic mass is 9.81. The number of fused-ring (bicyclic) bond motifs is 2. The molecule has 0 radical (unpaired) electrons. The molecular formula is C27H21F5N4O4. The van der Waals surface area contributed by atoms with Gasteiger partial charge in [-0.25, -0.2) is 13.8 Å². The molecule has 5 rings (SSSR count). The molecule has 2 atom stereocenters. The van der Waals surface area contributed by atoms with Gasteiger partial charge in [-0.2, -0.15) is 13.2 Å². The Morgan fingerprint density at radius 1 is 1.15 bits per heavy atom. The minimum atomic E-state index is -5.39. The van der Waals surface area contributed by atoms with Gasteiger partial charge in [0.2, 0.25) is 11.5 Å². The predicted octanol–water partition coefficient (Wildman–Crippen LogP) is 3.82. The molecule has 13 heteroatoms. The second-order valence-electron chi connectivity index (χ2n) is 9.67. The number of pyridine rings is 1. The van der Waals surface area contributed by atoms with Gasteiger partial charge < -0.3 is 25.9 Å². The average molecular weight is 560 g/mol. The maximum absolute atomic E-state index is 14.5. The highest BCUT2D eigenvalue weighted by Crippen LogP contribution is 2.47. The van der Waals surface area contributed by atoms with Crippen LogP contribution in [0.25, 0.3) is 22.2 Å². The van der Waals surface area contributed by atoms with E-state index in [0.717, 1.165) is 24.3 Å². The van der Waals surface area contributed by atoms with Crippen molar-refractivity contribution in [1.29, 1.82) is 0 Å². The molecule has 0 fully saturated rings. The largest absolute Gasteiger partial charge is 0.489 e. The second-order valence-corrected chi connectivity index (χ2v) is 9.67. The second kappa shape index (κ2) is 9.30. The van der Waals surface area contributed by atoms with Crippen molar-refractivity contribution in [2.45, 2.75) is 24.1 Å². The number of nitrogens with one attached hydrogen (secondary N) is 2. The van der Waals surface area contributed by atoms with Crippen LogP contribution >= 0.6 is 0 Å². The maximum Gasteiger partial charge on any atom is 0.424 e. The number of benzene rings is 2. The van der Waals surface area contributed by atoms with E-state index < -0.39 is 52.9 Å². The molecule has 0 aliphatic carbocycles. The van der Waals surface area contributed by atoms with Gasteiger partial charge in [0.25, 0.3) is 5.91 Å². The number of halogens is 5. The number of primary amides is 1. The monoisotopic (exact) mass is 560 g/mol. The number of nitrogens with two attached hydrogens (primary N) is 1. The Balaban J connectivity index is 1.60. The third-order valence-corrected chi connectivity index (χ3v) is 7.01. The lowest BCUT2D eigenvalue weighted by Gasteiger charge is -2.31. The van der Waals surface area contributed by atoms with Crippen LogP contribution in [0.3, 0.4) is 0 Å². The molecule has 208 valence electrons. The Morgan fingerprint density at radius 2 is 1.85 bits per heavy atom. The summed E-state index contributed by atoms with van der Waals surface area (Å²) in [6.07, 6.45) is -3.96. The van der Waals surface area contributed by atoms with Crippen LogP contribution in [0.15, 0.2) is 54.7 Å². The summed E-state index contributed by atoms with van der Waals surface area (Å²) >= 11 is 0. The zero-order valence-corrected chi connectivity index (χ0v) is 20.7. The molecule has 0 saturated carbocycles. The third-order valence-electron chi connectivity index (χ3n) is 7.01. The molecule has 1 aliphatic rings. The highest BCUT2D eigenvalue weighted by Gasteiger charge is 2.57. The van der Waals surface area contributed by atoms with E-state index in [1.165, 1.54) is 37.4 Å². The number of alkyl halides is 3. The molecule has 40 heavy (non-hydrogen) atoms. The predicted molar refractivity (Wildman–Crippen MR) is 132 cm³/mol. The lowest BCUT2D eigenvalue weighted by Crippen LogP contribution is -2.51. The van der Waals surface area contributed by atoms with Gasteiger partial charge in [-0.3, -0.25) is 9.59 Å². The van der Waals surface area contributed by atoms with E-state index in [2.05, 4.69) is 9.97 Å². The number of amides is 2. The van der Waals surface area contributed by atoms with E-state index in [-0.39, 0.29) is 40.3 Å². The Labute approximate surface area is 223 Å². The number of aromatic nitrogens is 2. The van der Waals surface area contributed by atoms with Gasteiger partial charge in [0.05, 0.1) is 17.8 Å². The zero-order chi connectivity index (χ0) is 29.0. The number of ether oxygens (including phenoxy) is 1. The van der Waals surface area contributed by atoms with Crippen molar-refractivity contribution in [3.63, 3.8) is 0 Å². The molecular weight excluding hydrogens is 539 g/mol.